The SMILES string of the molecule is CCS(=O)(=O)CCNC1CCCCC1C(F)(F)F. The fourth-order valence-electron chi connectivity index (χ4n) is 2.31. The van der Waals surface area contributed by atoms with Crippen LogP contribution in [0, 0.1) is 5.92 Å². The lowest BCUT2D eigenvalue weighted by Gasteiger charge is -2.33. The Morgan fingerprint density at radius 1 is 1.22 bits per heavy atom. The summed E-state index contributed by atoms with van der Waals surface area (Å²) in [4.78, 5) is 0. The van der Waals surface area contributed by atoms with E-state index in [2.05, 4.69) is 5.32 Å². The van der Waals surface area contributed by atoms with Gasteiger partial charge in [-0.3, -0.25) is 0 Å². The van der Waals surface area contributed by atoms with Gasteiger partial charge in [0, 0.05) is 18.3 Å². The third-order valence-corrected chi connectivity index (χ3v) is 5.15. The highest BCUT2D eigenvalue weighted by Crippen LogP contribution is 2.37. The minimum atomic E-state index is -4.19. The number of rotatable bonds is 5. The van der Waals surface area contributed by atoms with E-state index in [1.807, 2.05) is 0 Å². The molecule has 1 rings (SSSR count). The van der Waals surface area contributed by atoms with Crippen molar-refractivity contribution < 1.29 is 21.6 Å². The van der Waals surface area contributed by atoms with Crippen LogP contribution < -0.4 is 5.32 Å². The molecule has 2 unspecified atom stereocenters. The van der Waals surface area contributed by atoms with Crippen molar-refractivity contribution in [2.45, 2.75) is 44.8 Å². The average molecular weight is 287 g/mol. The maximum atomic E-state index is 12.8. The van der Waals surface area contributed by atoms with E-state index in [0.717, 1.165) is 6.42 Å². The second-order valence-corrected chi connectivity index (χ2v) is 7.20. The van der Waals surface area contributed by atoms with E-state index in [9.17, 15) is 21.6 Å². The zero-order valence-electron chi connectivity index (χ0n) is 10.5. The molecule has 3 nitrogen and oxygen atoms in total. The molecule has 0 radical (unpaired) electrons. The lowest BCUT2D eigenvalue weighted by Crippen LogP contribution is -2.46. The lowest BCUT2D eigenvalue weighted by molar-refractivity contribution is -0.188. The summed E-state index contributed by atoms with van der Waals surface area (Å²) in [6.07, 6.45) is -2.22. The van der Waals surface area contributed by atoms with Crippen LogP contribution >= 0.6 is 0 Å². The third kappa shape index (κ3) is 4.76. The number of hydrogen-bond donors (Lipinski definition) is 1. The van der Waals surface area contributed by atoms with Crippen LogP contribution in [-0.2, 0) is 9.84 Å². The van der Waals surface area contributed by atoms with Crippen LogP contribution in [0.5, 0.6) is 0 Å². The highest BCUT2D eigenvalue weighted by atomic mass is 32.2. The molecule has 0 bridgehead atoms. The molecule has 0 heterocycles. The van der Waals surface area contributed by atoms with Crippen molar-refractivity contribution in [3.8, 4) is 0 Å². The summed E-state index contributed by atoms with van der Waals surface area (Å²) >= 11 is 0. The van der Waals surface area contributed by atoms with Crippen LogP contribution in [0.2, 0.25) is 0 Å². The summed E-state index contributed by atoms with van der Waals surface area (Å²) in [6.45, 7) is 1.64. The average Bonchev–Trinajstić information content (AvgIpc) is 2.28. The van der Waals surface area contributed by atoms with Gasteiger partial charge in [0.05, 0.1) is 11.7 Å². The fourth-order valence-corrected chi connectivity index (χ4v) is 3.03. The summed E-state index contributed by atoms with van der Waals surface area (Å²) in [5.74, 6) is -1.40. The first-order valence-corrected chi connectivity index (χ1v) is 8.09. The van der Waals surface area contributed by atoms with E-state index >= 15 is 0 Å². The van der Waals surface area contributed by atoms with Gasteiger partial charge in [-0.2, -0.15) is 13.2 Å². The molecule has 0 aromatic heterocycles. The van der Waals surface area contributed by atoms with Gasteiger partial charge < -0.3 is 5.32 Å². The van der Waals surface area contributed by atoms with Crippen LogP contribution in [0.4, 0.5) is 13.2 Å². The van der Waals surface area contributed by atoms with Crippen molar-refractivity contribution in [1.29, 1.82) is 0 Å². The molecule has 18 heavy (non-hydrogen) atoms. The van der Waals surface area contributed by atoms with Crippen molar-refractivity contribution >= 4 is 9.84 Å². The van der Waals surface area contributed by atoms with Crippen LogP contribution in [-0.4, -0.2) is 38.7 Å². The van der Waals surface area contributed by atoms with Crippen molar-refractivity contribution in [3.05, 3.63) is 0 Å². The number of sulfone groups is 1. The molecule has 0 aromatic rings. The van der Waals surface area contributed by atoms with Gasteiger partial charge in [0.2, 0.25) is 0 Å². The van der Waals surface area contributed by atoms with Gasteiger partial charge in [0.15, 0.2) is 9.84 Å². The highest BCUT2D eigenvalue weighted by molar-refractivity contribution is 7.91. The van der Waals surface area contributed by atoms with Crippen LogP contribution in [0.1, 0.15) is 32.6 Å². The first-order valence-electron chi connectivity index (χ1n) is 6.27. The Morgan fingerprint density at radius 3 is 2.39 bits per heavy atom. The van der Waals surface area contributed by atoms with Gasteiger partial charge in [-0.15, -0.1) is 0 Å². The van der Waals surface area contributed by atoms with E-state index in [-0.39, 0.29) is 24.5 Å². The van der Waals surface area contributed by atoms with Gasteiger partial charge in [-0.1, -0.05) is 19.8 Å². The van der Waals surface area contributed by atoms with Crippen molar-refractivity contribution in [2.24, 2.45) is 5.92 Å². The predicted octanol–water partition coefficient (Wildman–Crippen LogP) is 2.13. The zero-order valence-corrected chi connectivity index (χ0v) is 11.3. The molecular weight excluding hydrogens is 267 g/mol. The lowest BCUT2D eigenvalue weighted by atomic mass is 9.84. The highest BCUT2D eigenvalue weighted by Gasteiger charge is 2.45. The first-order chi connectivity index (χ1) is 8.26. The molecule has 1 aliphatic rings. The number of nitrogens with one attached hydrogen (secondary N) is 1. The second-order valence-electron chi connectivity index (χ2n) is 4.73. The summed E-state index contributed by atoms with van der Waals surface area (Å²) in [5.41, 5.74) is 0. The Hall–Kier alpha value is -0.300. The minimum absolute atomic E-state index is 0.0298. The fraction of sp³-hybridized carbons (Fsp3) is 1.00. The second kappa shape index (κ2) is 6.23. The Labute approximate surface area is 106 Å². The summed E-state index contributed by atoms with van der Waals surface area (Å²) in [6, 6.07) is -0.634. The molecule has 108 valence electrons. The maximum Gasteiger partial charge on any atom is 0.393 e. The quantitative estimate of drug-likeness (QED) is 0.842. The zero-order chi connectivity index (χ0) is 13.8. The van der Waals surface area contributed by atoms with Gasteiger partial charge in [0.25, 0.3) is 0 Å². The number of hydrogen-bond acceptors (Lipinski definition) is 3. The number of alkyl halides is 3. The molecule has 2 atom stereocenters. The molecule has 1 fully saturated rings. The summed E-state index contributed by atoms with van der Waals surface area (Å²) in [5, 5.41) is 2.77. The molecule has 1 N–H and O–H groups in total. The molecule has 1 saturated carbocycles. The van der Waals surface area contributed by atoms with Crippen LogP contribution in [0.3, 0.4) is 0 Å². The molecule has 0 aliphatic heterocycles. The van der Waals surface area contributed by atoms with Gasteiger partial charge in [0.1, 0.15) is 0 Å². The Morgan fingerprint density at radius 2 is 1.83 bits per heavy atom. The van der Waals surface area contributed by atoms with Crippen LogP contribution in [0.25, 0.3) is 0 Å². The Kier molecular flexibility index (Phi) is 5.46. The van der Waals surface area contributed by atoms with E-state index in [1.54, 1.807) is 0 Å². The Balaban J connectivity index is 2.48. The van der Waals surface area contributed by atoms with Crippen molar-refractivity contribution in [3.63, 3.8) is 0 Å². The topological polar surface area (TPSA) is 46.2 Å². The molecule has 0 spiro atoms. The molecule has 0 amide bonds. The molecule has 7 heteroatoms. The van der Waals surface area contributed by atoms with Crippen LogP contribution in [0.15, 0.2) is 0 Å². The van der Waals surface area contributed by atoms with Gasteiger partial charge in [-0.05, 0) is 12.8 Å². The predicted molar refractivity (Wildman–Crippen MR) is 64.1 cm³/mol. The molecular formula is C11H20F3NO2S. The van der Waals surface area contributed by atoms with Gasteiger partial charge in [-0.25, -0.2) is 8.42 Å². The first kappa shape index (κ1) is 15.8. The minimum Gasteiger partial charge on any atom is -0.312 e. The maximum absolute atomic E-state index is 12.8. The molecule has 0 saturated heterocycles. The molecule has 0 aromatic carbocycles. The third-order valence-electron chi connectivity index (χ3n) is 3.45. The van der Waals surface area contributed by atoms with E-state index in [0.29, 0.717) is 12.8 Å². The van der Waals surface area contributed by atoms with E-state index < -0.39 is 28.0 Å². The standard InChI is InChI=1S/C11H20F3NO2S/c1-2-18(16,17)8-7-15-10-6-4-3-5-9(10)11(12,13)14/h9-10,15H,2-8H2,1H3. The number of halogens is 3. The summed E-state index contributed by atoms with van der Waals surface area (Å²) in [7, 11) is -3.12. The van der Waals surface area contributed by atoms with E-state index in [1.165, 1.54) is 6.92 Å². The molecule has 1 aliphatic carbocycles. The van der Waals surface area contributed by atoms with Crippen molar-refractivity contribution in [1.82, 2.24) is 5.32 Å². The monoisotopic (exact) mass is 287 g/mol. The Bertz CT molecular complexity index is 354. The normalized spacial score (nSPS) is 26.2. The van der Waals surface area contributed by atoms with Gasteiger partial charge >= 0.3 is 6.18 Å². The largest absolute Gasteiger partial charge is 0.393 e. The van der Waals surface area contributed by atoms with Crippen molar-refractivity contribution in [2.75, 3.05) is 18.1 Å². The van der Waals surface area contributed by atoms with E-state index in [4.69, 9.17) is 0 Å². The summed E-state index contributed by atoms with van der Waals surface area (Å²) < 4.78 is 60.8. The smallest absolute Gasteiger partial charge is 0.312 e.